The Labute approximate surface area is 322 Å². The highest BCUT2D eigenvalue weighted by Gasteiger charge is 2.53. The molecule has 1 spiro atoms. The number of aryl methyl sites for hydroxylation is 1. The van der Waals surface area contributed by atoms with Gasteiger partial charge in [0.1, 0.15) is 12.2 Å². The topological polar surface area (TPSA) is 99.2 Å². The van der Waals surface area contributed by atoms with E-state index in [1.807, 2.05) is 78.9 Å². The Bertz CT molecular complexity index is 1640. The second-order valence-electron chi connectivity index (χ2n) is 14.3. The van der Waals surface area contributed by atoms with Gasteiger partial charge in [0.15, 0.2) is 6.10 Å². The van der Waals surface area contributed by atoms with Gasteiger partial charge in [0.2, 0.25) is 19.6 Å². The van der Waals surface area contributed by atoms with Crippen LogP contribution in [0, 0.1) is 5.92 Å². The van der Waals surface area contributed by atoms with Gasteiger partial charge in [0.25, 0.3) is 0 Å². The van der Waals surface area contributed by atoms with Crippen LogP contribution in [0.25, 0.3) is 0 Å². The third-order valence-electron chi connectivity index (χ3n) is 10.4. The minimum absolute atomic E-state index is 0.0797. The van der Waals surface area contributed by atoms with Crippen molar-refractivity contribution in [2.45, 2.75) is 93.6 Å². The van der Waals surface area contributed by atoms with Gasteiger partial charge in [-0.05, 0) is 48.8 Å². The van der Waals surface area contributed by atoms with Gasteiger partial charge in [0.05, 0.1) is 4.08 Å². The fourth-order valence-electron chi connectivity index (χ4n) is 7.60. The minimum Gasteiger partial charge on any atom is -0.451 e. The molecule has 3 aromatic carbocycles. The van der Waals surface area contributed by atoms with E-state index in [1.165, 1.54) is 5.56 Å². The summed E-state index contributed by atoms with van der Waals surface area (Å²) in [5.41, 5.74) is 2.87. The molecule has 1 amide bonds. The van der Waals surface area contributed by atoms with Gasteiger partial charge >= 0.3 is 11.9 Å². The average Bonchev–Trinajstić information content (AvgIpc) is 3.83. The lowest BCUT2D eigenvalue weighted by Crippen LogP contribution is -2.43. The van der Waals surface area contributed by atoms with E-state index in [0.29, 0.717) is 19.4 Å². The maximum absolute atomic E-state index is 15.1. The Morgan fingerprint density at radius 2 is 1.43 bits per heavy atom. The van der Waals surface area contributed by atoms with Crippen molar-refractivity contribution in [1.29, 1.82) is 0 Å². The average molecular weight is 778 g/mol. The number of carbonyl (C=O) groups excluding carboxylic acids is 3. The van der Waals surface area contributed by atoms with Gasteiger partial charge in [-0.25, -0.2) is 4.79 Å². The van der Waals surface area contributed by atoms with Crippen molar-refractivity contribution in [2.24, 2.45) is 5.92 Å². The lowest BCUT2D eigenvalue weighted by Gasteiger charge is -2.33. The summed E-state index contributed by atoms with van der Waals surface area (Å²) < 4.78 is 33.4. The molecule has 2 unspecified atom stereocenters. The Morgan fingerprint density at radius 1 is 0.830 bits per heavy atom. The van der Waals surface area contributed by atoms with Crippen molar-refractivity contribution >= 4 is 48.7 Å². The monoisotopic (exact) mass is 777 g/mol. The zero-order valence-electron chi connectivity index (χ0n) is 30.6. The van der Waals surface area contributed by atoms with E-state index in [9.17, 15) is 14.4 Å². The molecule has 8 nitrogen and oxygen atoms in total. The minimum atomic E-state index is -3.70. The number of esters is 2. The molecular formula is C42H52NO7PS2. The quantitative estimate of drug-likeness (QED) is 0.0610. The summed E-state index contributed by atoms with van der Waals surface area (Å²) in [6.07, 6.45) is 5.67. The molecule has 0 N–H and O–H groups in total. The molecule has 0 aromatic heterocycles. The molecule has 0 bridgehead atoms. The van der Waals surface area contributed by atoms with E-state index < -0.39 is 37.7 Å². The van der Waals surface area contributed by atoms with Crippen molar-refractivity contribution in [3.8, 4) is 0 Å². The van der Waals surface area contributed by atoms with Crippen LogP contribution in [-0.2, 0) is 39.4 Å². The largest absolute Gasteiger partial charge is 0.451 e. The number of ether oxygens (including phenoxy) is 2. The number of hydrogen-bond acceptors (Lipinski definition) is 9. The molecule has 1 saturated carbocycles. The van der Waals surface area contributed by atoms with Crippen LogP contribution < -0.4 is 0 Å². The van der Waals surface area contributed by atoms with Gasteiger partial charge in [-0.2, -0.15) is 0 Å². The van der Waals surface area contributed by atoms with Crippen molar-refractivity contribution < 1.29 is 32.9 Å². The van der Waals surface area contributed by atoms with Gasteiger partial charge < -0.3 is 14.4 Å². The van der Waals surface area contributed by atoms with E-state index in [0.717, 1.165) is 67.6 Å². The molecule has 284 valence electrons. The Hall–Kier alpha value is -3.04. The van der Waals surface area contributed by atoms with E-state index >= 15 is 4.57 Å². The van der Waals surface area contributed by atoms with Gasteiger partial charge in [-0.1, -0.05) is 117 Å². The number of thioether (sulfide) groups is 2. The molecule has 3 fully saturated rings. The third-order valence-corrected chi connectivity index (χ3v) is 16.2. The molecular weight excluding hydrogens is 726 g/mol. The number of benzene rings is 3. The molecule has 2 heterocycles. The summed E-state index contributed by atoms with van der Waals surface area (Å²) in [6.45, 7) is 2.09. The smallest absolute Gasteiger partial charge is 0.329 e. The number of amides is 1. The lowest BCUT2D eigenvalue weighted by atomic mass is 9.89. The van der Waals surface area contributed by atoms with Crippen molar-refractivity contribution in [2.75, 3.05) is 30.4 Å². The van der Waals surface area contributed by atoms with Crippen LogP contribution in [0.4, 0.5) is 0 Å². The summed E-state index contributed by atoms with van der Waals surface area (Å²) in [6, 6.07) is 28.6. The Balaban J connectivity index is 1.24. The Morgan fingerprint density at radius 3 is 2.04 bits per heavy atom. The first-order valence-corrected chi connectivity index (χ1v) is 23.1. The summed E-state index contributed by atoms with van der Waals surface area (Å²) in [5, 5.41) is 0. The standard InChI is InChI=1S/C42H52NO7PS2/c1-2-38(45)48-41(35-24-13-6-14-25-35)50-51(47,26-16-15-19-32-17-7-3-8-18-32)30-37(44)43-31-42(52-27-28-53-42)29-36(43)40(46)49-39(33-20-9-4-10-21-33)34-22-11-5-12-23-34/h3-5,7-12,17-18,20-23,35-36,39,41H,2,6,13-16,19,24-31H2,1H3/t36-,41?,51?/m0/s1. The highest BCUT2D eigenvalue weighted by molar-refractivity contribution is 8.21. The van der Waals surface area contributed by atoms with E-state index in [-0.39, 0.29) is 34.6 Å². The predicted octanol–water partition coefficient (Wildman–Crippen LogP) is 9.27. The highest BCUT2D eigenvalue weighted by atomic mass is 32.2. The molecule has 3 aromatic rings. The molecule has 3 atom stereocenters. The zero-order valence-corrected chi connectivity index (χ0v) is 33.2. The molecule has 2 aliphatic heterocycles. The molecule has 6 rings (SSSR count). The first kappa shape index (κ1) is 39.6. The maximum atomic E-state index is 15.1. The van der Waals surface area contributed by atoms with Crippen molar-refractivity contribution in [3.63, 3.8) is 0 Å². The van der Waals surface area contributed by atoms with E-state index in [1.54, 1.807) is 35.3 Å². The summed E-state index contributed by atoms with van der Waals surface area (Å²) in [7, 11) is -3.70. The van der Waals surface area contributed by atoms with Gasteiger partial charge in [-0.3, -0.25) is 18.7 Å². The number of hydrogen-bond donors (Lipinski definition) is 0. The van der Waals surface area contributed by atoms with Crippen molar-refractivity contribution in [1.82, 2.24) is 4.90 Å². The number of carbonyl (C=O) groups is 3. The first-order valence-electron chi connectivity index (χ1n) is 19.1. The molecule has 53 heavy (non-hydrogen) atoms. The second kappa shape index (κ2) is 19.0. The number of nitrogens with zero attached hydrogens (tertiary/aromatic N) is 1. The fraction of sp³-hybridized carbons (Fsp3) is 0.500. The van der Waals surface area contributed by atoms with Crippen LogP contribution in [0.2, 0.25) is 0 Å². The van der Waals surface area contributed by atoms with Gasteiger partial charge in [-0.15, -0.1) is 23.5 Å². The number of likely N-dealkylation sites (tertiary alicyclic amines) is 1. The SMILES string of the molecule is CCC(=O)OC(OP(=O)(CCCCc1ccccc1)CC(=O)N1CC2(C[C@H]1C(=O)OC(c1ccccc1)c1ccccc1)SCCS2)C1CCCCC1. The van der Waals surface area contributed by atoms with Crippen molar-refractivity contribution in [3.05, 3.63) is 108 Å². The summed E-state index contributed by atoms with van der Waals surface area (Å²) >= 11 is 3.56. The summed E-state index contributed by atoms with van der Waals surface area (Å²) in [5.74, 6) is 0.512. The predicted molar refractivity (Wildman–Crippen MR) is 213 cm³/mol. The number of rotatable bonds is 16. The molecule has 3 aliphatic rings. The van der Waals surface area contributed by atoms with Crippen LogP contribution in [0.1, 0.15) is 87.5 Å². The third kappa shape index (κ3) is 10.8. The zero-order chi connectivity index (χ0) is 37.1. The van der Waals surface area contributed by atoms with Crippen LogP contribution in [0.15, 0.2) is 91.0 Å². The molecule has 11 heteroatoms. The first-order chi connectivity index (χ1) is 25.8. The van der Waals surface area contributed by atoms with Crippen LogP contribution in [0.3, 0.4) is 0 Å². The summed E-state index contributed by atoms with van der Waals surface area (Å²) in [4.78, 5) is 43.1. The fourth-order valence-corrected chi connectivity index (χ4v) is 13.1. The second-order valence-corrected chi connectivity index (χ2v) is 20.2. The van der Waals surface area contributed by atoms with Gasteiger partial charge in [0, 0.05) is 43.0 Å². The maximum Gasteiger partial charge on any atom is 0.329 e. The van der Waals surface area contributed by atoms with E-state index in [2.05, 4.69) is 12.1 Å². The van der Waals surface area contributed by atoms with Crippen LogP contribution in [0.5, 0.6) is 0 Å². The van der Waals surface area contributed by atoms with Crippen LogP contribution in [-0.4, -0.2) is 69.5 Å². The number of unbranched alkanes of at least 4 members (excludes halogenated alkanes) is 1. The van der Waals surface area contributed by atoms with E-state index in [4.69, 9.17) is 14.0 Å². The lowest BCUT2D eigenvalue weighted by molar-refractivity contribution is -0.172. The highest BCUT2D eigenvalue weighted by Crippen LogP contribution is 2.55. The molecule has 0 radical (unpaired) electrons. The molecule has 2 saturated heterocycles. The Kier molecular flexibility index (Phi) is 14.2. The normalized spacial score (nSPS) is 20.3. The molecule has 1 aliphatic carbocycles. The van der Waals surface area contributed by atoms with Crippen LogP contribution >= 0.6 is 30.9 Å².